The van der Waals surface area contributed by atoms with E-state index in [1.807, 2.05) is 65.0 Å². The highest BCUT2D eigenvalue weighted by Crippen LogP contribution is 2.28. The van der Waals surface area contributed by atoms with Crippen molar-refractivity contribution in [2.75, 3.05) is 0 Å². The fraction of sp³-hybridized carbons (Fsp3) is 0.241. The van der Waals surface area contributed by atoms with Gasteiger partial charge in [0.15, 0.2) is 0 Å². The first-order chi connectivity index (χ1) is 16.4. The number of allylic oxidation sites excluding steroid dienone is 4. The van der Waals surface area contributed by atoms with E-state index in [0.717, 1.165) is 22.4 Å². The van der Waals surface area contributed by atoms with Crippen molar-refractivity contribution in [1.29, 1.82) is 0 Å². The minimum atomic E-state index is -0.257. The minimum absolute atomic E-state index is 0.213. The number of amides is 1. The maximum Gasteiger partial charge on any atom is 0.251 e. The molecule has 2 aromatic carbocycles. The van der Waals surface area contributed by atoms with Gasteiger partial charge in [-0.3, -0.25) is 9.78 Å². The summed E-state index contributed by atoms with van der Waals surface area (Å²) in [5, 5.41) is 2.90. The van der Waals surface area contributed by atoms with Crippen LogP contribution in [0.5, 0.6) is 11.5 Å². The average molecular weight is 461 g/mol. The molecular weight excluding hydrogens is 427 g/mol. The van der Waals surface area contributed by atoms with E-state index in [0.29, 0.717) is 29.2 Å². The molecule has 0 aliphatic rings. The van der Waals surface area contributed by atoms with Crippen LogP contribution in [0.15, 0.2) is 73.0 Å². The molecule has 1 amide bonds. The van der Waals surface area contributed by atoms with E-state index in [4.69, 9.17) is 4.74 Å². The predicted octanol–water partition coefficient (Wildman–Crippen LogP) is 7.57. The van der Waals surface area contributed by atoms with Gasteiger partial charge in [0, 0.05) is 29.9 Å². The molecule has 5 heteroatoms. The maximum atomic E-state index is 13.5. The molecule has 0 bridgehead atoms. The third kappa shape index (κ3) is 6.88. The van der Waals surface area contributed by atoms with E-state index in [-0.39, 0.29) is 11.7 Å². The Kier molecular flexibility index (Phi) is 10.2. The topological polar surface area (TPSA) is 51.2 Å². The summed E-state index contributed by atoms with van der Waals surface area (Å²) in [6.07, 6.45) is 7.65. The van der Waals surface area contributed by atoms with Crippen LogP contribution in [0.3, 0.4) is 0 Å². The Hall–Kier alpha value is -3.73. The summed E-state index contributed by atoms with van der Waals surface area (Å²) < 4.78 is 19.5. The van der Waals surface area contributed by atoms with Crippen molar-refractivity contribution in [2.24, 2.45) is 0 Å². The van der Waals surface area contributed by atoms with Crippen LogP contribution in [-0.4, -0.2) is 10.9 Å². The zero-order valence-corrected chi connectivity index (χ0v) is 20.8. The van der Waals surface area contributed by atoms with E-state index in [1.165, 1.54) is 6.07 Å². The summed E-state index contributed by atoms with van der Waals surface area (Å²) >= 11 is 0. The van der Waals surface area contributed by atoms with Crippen LogP contribution in [0.25, 0.3) is 5.57 Å². The Bertz CT molecular complexity index is 1180. The number of aromatic nitrogens is 1. The molecule has 0 saturated carbocycles. The van der Waals surface area contributed by atoms with Crippen molar-refractivity contribution in [3.05, 3.63) is 107 Å². The number of pyridine rings is 1. The number of hydrogen-bond acceptors (Lipinski definition) is 3. The normalized spacial score (nSPS) is 11.1. The van der Waals surface area contributed by atoms with Gasteiger partial charge in [-0.05, 0) is 68.7 Å². The van der Waals surface area contributed by atoms with Crippen molar-refractivity contribution >= 4 is 11.5 Å². The number of benzene rings is 2. The zero-order chi connectivity index (χ0) is 25.1. The largest absolute Gasteiger partial charge is 0.457 e. The van der Waals surface area contributed by atoms with E-state index >= 15 is 0 Å². The Labute approximate surface area is 202 Å². The summed E-state index contributed by atoms with van der Waals surface area (Å²) in [5.41, 5.74) is 4.46. The van der Waals surface area contributed by atoms with Crippen molar-refractivity contribution in [2.45, 2.75) is 48.1 Å². The molecule has 1 aromatic heterocycles. The smallest absolute Gasteiger partial charge is 0.251 e. The number of halogens is 1. The van der Waals surface area contributed by atoms with Gasteiger partial charge in [0.05, 0.1) is 5.69 Å². The summed E-state index contributed by atoms with van der Waals surface area (Å²) in [6, 6.07) is 13.9. The molecule has 0 fully saturated rings. The quantitative estimate of drug-likeness (QED) is 0.370. The number of hydrogen-bond donors (Lipinski definition) is 1. The highest BCUT2D eigenvalue weighted by molar-refractivity contribution is 5.96. The molecule has 34 heavy (non-hydrogen) atoms. The van der Waals surface area contributed by atoms with Gasteiger partial charge in [0.2, 0.25) is 0 Å². The average Bonchev–Trinajstić information content (AvgIpc) is 2.85. The predicted molar refractivity (Wildman–Crippen MR) is 138 cm³/mol. The molecule has 178 valence electrons. The van der Waals surface area contributed by atoms with Crippen LogP contribution in [0.2, 0.25) is 0 Å². The third-order valence-electron chi connectivity index (χ3n) is 5.12. The molecule has 4 nitrogen and oxygen atoms in total. The lowest BCUT2D eigenvalue weighted by Gasteiger charge is -2.13. The minimum Gasteiger partial charge on any atom is -0.457 e. The van der Waals surface area contributed by atoms with Gasteiger partial charge in [-0.1, -0.05) is 50.3 Å². The Balaban J connectivity index is 0.00000199. The second-order valence-electron chi connectivity index (χ2n) is 7.42. The van der Waals surface area contributed by atoms with Gasteiger partial charge in [-0.2, -0.15) is 0 Å². The van der Waals surface area contributed by atoms with Crippen LogP contribution in [0, 0.1) is 19.7 Å². The number of nitrogens with one attached hydrogen (secondary N) is 1. The summed E-state index contributed by atoms with van der Waals surface area (Å²) in [7, 11) is 0. The van der Waals surface area contributed by atoms with Crippen LogP contribution >= 0.6 is 0 Å². The first-order valence-corrected chi connectivity index (χ1v) is 11.5. The molecule has 0 aliphatic heterocycles. The van der Waals surface area contributed by atoms with Crippen molar-refractivity contribution in [3.8, 4) is 11.5 Å². The fourth-order valence-corrected chi connectivity index (χ4v) is 3.33. The monoisotopic (exact) mass is 460 g/mol. The second-order valence-corrected chi connectivity index (χ2v) is 7.42. The fourth-order valence-electron chi connectivity index (χ4n) is 3.33. The molecule has 0 atom stereocenters. The number of aryl methyl sites for hydroxylation is 1. The van der Waals surface area contributed by atoms with Gasteiger partial charge in [-0.25, -0.2) is 4.39 Å². The highest BCUT2D eigenvalue weighted by atomic mass is 19.1. The lowest BCUT2D eigenvalue weighted by Crippen LogP contribution is -2.23. The molecule has 0 saturated heterocycles. The Morgan fingerprint density at radius 2 is 1.85 bits per heavy atom. The first-order valence-electron chi connectivity index (χ1n) is 11.5. The van der Waals surface area contributed by atoms with Crippen molar-refractivity contribution < 1.29 is 13.9 Å². The van der Waals surface area contributed by atoms with E-state index in [2.05, 4.69) is 10.3 Å². The molecule has 1 N–H and O–H groups in total. The van der Waals surface area contributed by atoms with Gasteiger partial charge >= 0.3 is 0 Å². The molecule has 0 spiro atoms. The first kappa shape index (κ1) is 26.5. The second kappa shape index (κ2) is 13.1. The molecule has 0 aliphatic carbocycles. The molecule has 0 unspecified atom stereocenters. The van der Waals surface area contributed by atoms with Gasteiger partial charge < -0.3 is 10.1 Å². The van der Waals surface area contributed by atoms with Gasteiger partial charge in [0.25, 0.3) is 5.91 Å². The molecule has 1 heterocycles. The van der Waals surface area contributed by atoms with Gasteiger partial charge in [-0.15, -0.1) is 0 Å². The Morgan fingerprint density at radius 1 is 1.09 bits per heavy atom. The standard InChI is InChI=1S/C27H27FN2O2.C2H6/c1-5-8-21(6-2)25-16-22(13-14-29-25)32-26-10-7-9-23(19(26)4)27(31)30-17-20-11-12-24(28)18(3)15-20;1-2/h5-16H,17H2,1-4H3,(H,30,31);1-2H3/b8-5-,21-6+;. The SMILES string of the molecule is C/C=C\C(=C/C)c1cc(Oc2cccc(C(=O)NCc3ccc(F)c(C)c3)c2C)ccn1.CC. The number of ether oxygens (including phenoxy) is 1. The van der Waals surface area contributed by atoms with Crippen molar-refractivity contribution in [3.63, 3.8) is 0 Å². The van der Waals surface area contributed by atoms with Crippen LogP contribution in [0.1, 0.15) is 60.4 Å². The van der Waals surface area contributed by atoms with Crippen LogP contribution < -0.4 is 10.1 Å². The highest BCUT2D eigenvalue weighted by Gasteiger charge is 2.14. The lowest BCUT2D eigenvalue weighted by atomic mass is 10.1. The summed E-state index contributed by atoms with van der Waals surface area (Å²) in [4.78, 5) is 17.2. The summed E-state index contributed by atoms with van der Waals surface area (Å²) in [5.74, 6) is 0.767. The molecular formula is C29H33FN2O2. The zero-order valence-electron chi connectivity index (χ0n) is 20.8. The number of rotatable bonds is 7. The number of nitrogens with zero attached hydrogens (tertiary/aromatic N) is 1. The van der Waals surface area contributed by atoms with Crippen LogP contribution in [-0.2, 0) is 6.54 Å². The molecule has 0 radical (unpaired) electrons. The molecule has 3 rings (SSSR count). The lowest BCUT2D eigenvalue weighted by molar-refractivity contribution is 0.0950. The maximum absolute atomic E-state index is 13.5. The van der Waals surface area contributed by atoms with E-state index in [1.54, 1.807) is 43.5 Å². The molecule has 3 aromatic rings. The van der Waals surface area contributed by atoms with Gasteiger partial charge in [0.1, 0.15) is 17.3 Å². The Morgan fingerprint density at radius 3 is 2.53 bits per heavy atom. The summed E-state index contributed by atoms with van der Waals surface area (Å²) in [6.45, 7) is 11.8. The third-order valence-corrected chi connectivity index (χ3v) is 5.12. The number of carbonyl (C=O) groups is 1. The van der Waals surface area contributed by atoms with E-state index in [9.17, 15) is 9.18 Å². The van der Waals surface area contributed by atoms with E-state index < -0.39 is 0 Å². The van der Waals surface area contributed by atoms with Crippen molar-refractivity contribution in [1.82, 2.24) is 10.3 Å². The van der Waals surface area contributed by atoms with Crippen LogP contribution in [0.4, 0.5) is 4.39 Å². The number of carbonyl (C=O) groups excluding carboxylic acids is 1.